The number of ether oxygens (including phenoxy) is 1. The molecule has 0 aliphatic heterocycles. The fraction of sp³-hybridized carbons (Fsp3) is 0.471. The van der Waals surface area contributed by atoms with E-state index in [-0.39, 0.29) is 0 Å². The molecule has 2 rings (SSSR count). The molecule has 0 spiro atoms. The molecule has 1 heterocycles. The summed E-state index contributed by atoms with van der Waals surface area (Å²) < 4.78 is 5.70. The van der Waals surface area contributed by atoms with Gasteiger partial charge in [0.25, 0.3) is 0 Å². The summed E-state index contributed by atoms with van der Waals surface area (Å²) in [7, 11) is 2.14. The molecule has 1 aromatic carbocycles. The van der Waals surface area contributed by atoms with E-state index in [9.17, 15) is 0 Å². The van der Waals surface area contributed by atoms with E-state index in [1.807, 2.05) is 30.3 Å². The lowest BCUT2D eigenvalue weighted by Crippen LogP contribution is -2.21. The van der Waals surface area contributed by atoms with Crippen LogP contribution in [0.15, 0.2) is 35.7 Å². The van der Waals surface area contributed by atoms with Gasteiger partial charge in [-0.2, -0.15) is 0 Å². The molecule has 0 saturated carbocycles. The first-order valence-electron chi connectivity index (χ1n) is 7.46. The van der Waals surface area contributed by atoms with Crippen molar-refractivity contribution in [2.24, 2.45) is 0 Å². The van der Waals surface area contributed by atoms with Gasteiger partial charge in [0.15, 0.2) is 0 Å². The van der Waals surface area contributed by atoms with Crippen LogP contribution in [0.25, 0.3) is 0 Å². The molecule has 4 heteroatoms. The van der Waals surface area contributed by atoms with Gasteiger partial charge in [-0.25, -0.2) is 4.98 Å². The second-order valence-corrected chi connectivity index (χ2v) is 6.47. The van der Waals surface area contributed by atoms with Gasteiger partial charge in [0, 0.05) is 24.4 Å². The zero-order valence-corrected chi connectivity index (χ0v) is 13.9. The molecule has 0 amide bonds. The van der Waals surface area contributed by atoms with Crippen LogP contribution in [0.5, 0.6) is 5.75 Å². The Kier molecular flexibility index (Phi) is 6.21. The molecule has 0 bridgehead atoms. The second-order valence-electron chi connectivity index (χ2n) is 5.58. The number of hydrogen-bond acceptors (Lipinski definition) is 4. The van der Waals surface area contributed by atoms with Crippen LogP contribution < -0.4 is 4.74 Å². The third-order valence-corrected chi connectivity index (χ3v) is 4.39. The number of hydrogen-bond donors (Lipinski definition) is 0. The molecule has 0 atom stereocenters. The summed E-state index contributed by atoms with van der Waals surface area (Å²) in [4.78, 5) is 6.97. The van der Waals surface area contributed by atoms with E-state index < -0.39 is 0 Å². The summed E-state index contributed by atoms with van der Waals surface area (Å²) in [5.74, 6) is 1.47. The normalized spacial score (nSPS) is 11.3. The van der Waals surface area contributed by atoms with E-state index in [0.29, 0.717) is 5.92 Å². The minimum atomic E-state index is 0.522. The number of benzene rings is 1. The third kappa shape index (κ3) is 5.48. The lowest BCUT2D eigenvalue weighted by atomic mass is 10.2. The number of rotatable bonds is 8. The molecule has 0 radical (unpaired) electrons. The van der Waals surface area contributed by atoms with Gasteiger partial charge in [0.05, 0.1) is 17.3 Å². The van der Waals surface area contributed by atoms with Crippen molar-refractivity contribution in [1.29, 1.82) is 0 Å². The number of para-hydroxylation sites is 1. The summed E-state index contributed by atoms with van der Waals surface area (Å²) in [5, 5.41) is 3.40. The Morgan fingerprint density at radius 3 is 2.67 bits per heavy atom. The SMILES string of the molecule is CC(C)c1nc(CN(C)CCCOc2ccccc2)cs1. The highest BCUT2D eigenvalue weighted by atomic mass is 32.1. The Bertz CT molecular complexity index is 525. The van der Waals surface area contributed by atoms with Crippen LogP contribution in [0, 0.1) is 0 Å². The molecule has 0 unspecified atom stereocenters. The van der Waals surface area contributed by atoms with Crippen LogP contribution in [-0.2, 0) is 6.54 Å². The van der Waals surface area contributed by atoms with Gasteiger partial charge in [-0.15, -0.1) is 11.3 Å². The molecule has 0 saturated heterocycles. The molecule has 0 aliphatic rings. The highest BCUT2D eigenvalue weighted by Crippen LogP contribution is 2.19. The fourth-order valence-electron chi connectivity index (χ4n) is 2.06. The van der Waals surface area contributed by atoms with Crippen LogP contribution in [0.2, 0.25) is 0 Å². The van der Waals surface area contributed by atoms with Gasteiger partial charge in [0.1, 0.15) is 5.75 Å². The molecule has 3 nitrogen and oxygen atoms in total. The second kappa shape index (κ2) is 8.15. The van der Waals surface area contributed by atoms with Crippen molar-refractivity contribution in [1.82, 2.24) is 9.88 Å². The highest BCUT2D eigenvalue weighted by molar-refractivity contribution is 7.09. The predicted octanol–water partition coefficient (Wildman–Crippen LogP) is 4.17. The Hall–Kier alpha value is -1.39. The van der Waals surface area contributed by atoms with Crippen LogP contribution in [0.4, 0.5) is 0 Å². The van der Waals surface area contributed by atoms with Gasteiger partial charge < -0.3 is 9.64 Å². The largest absolute Gasteiger partial charge is 0.494 e. The highest BCUT2D eigenvalue weighted by Gasteiger charge is 2.07. The summed E-state index contributed by atoms with van der Waals surface area (Å²) in [5.41, 5.74) is 1.18. The van der Waals surface area contributed by atoms with E-state index in [1.54, 1.807) is 11.3 Å². The molecular weight excluding hydrogens is 280 g/mol. The van der Waals surface area contributed by atoms with Crippen molar-refractivity contribution < 1.29 is 4.74 Å². The van der Waals surface area contributed by atoms with Crippen molar-refractivity contribution >= 4 is 11.3 Å². The maximum Gasteiger partial charge on any atom is 0.119 e. The monoisotopic (exact) mass is 304 g/mol. The summed E-state index contributed by atoms with van der Waals surface area (Å²) in [6.07, 6.45) is 1.02. The van der Waals surface area contributed by atoms with Crippen LogP contribution >= 0.6 is 11.3 Å². The maximum atomic E-state index is 5.70. The first-order valence-corrected chi connectivity index (χ1v) is 8.34. The van der Waals surface area contributed by atoms with Gasteiger partial charge >= 0.3 is 0 Å². The van der Waals surface area contributed by atoms with E-state index in [1.165, 1.54) is 10.7 Å². The zero-order valence-electron chi connectivity index (χ0n) is 13.1. The topological polar surface area (TPSA) is 25.4 Å². The zero-order chi connectivity index (χ0) is 15.1. The molecule has 0 fully saturated rings. The Morgan fingerprint density at radius 2 is 2.00 bits per heavy atom. The summed E-state index contributed by atoms with van der Waals surface area (Å²) in [6.45, 7) is 7.05. The molecule has 0 N–H and O–H groups in total. The Balaban J connectivity index is 1.66. The average molecular weight is 304 g/mol. The first-order chi connectivity index (χ1) is 10.1. The van der Waals surface area contributed by atoms with Gasteiger partial charge in [-0.1, -0.05) is 32.0 Å². The fourth-order valence-corrected chi connectivity index (χ4v) is 2.88. The molecule has 1 aromatic heterocycles. The number of thiazole rings is 1. The van der Waals surface area contributed by atoms with E-state index in [4.69, 9.17) is 4.74 Å². The smallest absolute Gasteiger partial charge is 0.119 e. The molecular formula is C17H24N2OS. The standard InChI is InChI=1S/C17H24N2OS/c1-14(2)17-18-15(13-21-17)12-19(3)10-7-11-20-16-8-5-4-6-9-16/h4-6,8-9,13-14H,7,10-12H2,1-3H3. The summed E-state index contributed by atoms with van der Waals surface area (Å²) in [6, 6.07) is 9.98. The van der Waals surface area contributed by atoms with E-state index in [0.717, 1.165) is 31.9 Å². The van der Waals surface area contributed by atoms with Crippen LogP contribution in [-0.4, -0.2) is 30.1 Å². The number of aromatic nitrogens is 1. The number of nitrogens with zero attached hydrogens (tertiary/aromatic N) is 2. The minimum absolute atomic E-state index is 0.522. The maximum absolute atomic E-state index is 5.70. The molecule has 2 aromatic rings. The van der Waals surface area contributed by atoms with Gasteiger partial charge in [-0.3, -0.25) is 0 Å². The molecule has 114 valence electrons. The van der Waals surface area contributed by atoms with Crippen molar-refractivity contribution in [3.63, 3.8) is 0 Å². The van der Waals surface area contributed by atoms with Gasteiger partial charge in [-0.05, 0) is 25.6 Å². The first kappa shape index (κ1) is 16.0. The summed E-state index contributed by atoms with van der Waals surface area (Å²) >= 11 is 1.76. The van der Waals surface area contributed by atoms with Crippen LogP contribution in [0.1, 0.15) is 36.9 Å². The Labute approximate surface area is 131 Å². The minimum Gasteiger partial charge on any atom is -0.494 e. The predicted molar refractivity (Wildman–Crippen MR) is 89.1 cm³/mol. The van der Waals surface area contributed by atoms with Crippen molar-refractivity contribution in [3.05, 3.63) is 46.4 Å². The van der Waals surface area contributed by atoms with E-state index in [2.05, 4.69) is 36.2 Å². The third-order valence-electron chi connectivity index (χ3n) is 3.19. The van der Waals surface area contributed by atoms with Crippen molar-refractivity contribution in [3.8, 4) is 5.75 Å². The lowest BCUT2D eigenvalue weighted by Gasteiger charge is -2.15. The van der Waals surface area contributed by atoms with Crippen molar-refractivity contribution in [2.45, 2.75) is 32.7 Å². The quantitative estimate of drug-likeness (QED) is 0.685. The Morgan fingerprint density at radius 1 is 1.24 bits per heavy atom. The lowest BCUT2D eigenvalue weighted by molar-refractivity contribution is 0.257. The van der Waals surface area contributed by atoms with E-state index >= 15 is 0 Å². The average Bonchev–Trinajstić information content (AvgIpc) is 2.93. The van der Waals surface area contributed by atoms with Crippen LogP contribution in [0.3, 0.4) is 0 Å². The van der Waals surface area contributed by atoms with Crippen molar-refractivity contribution in [2.75, 3.05) is 20.2 Å². The molecule has 0 aliphatic carbocycles. The molecule has 21 heavy (non-hydrogen) atoms. The van der Waals surface area contributed by atoms with Gasteiger partial charge in [0.2, 0.25) is 0 Å².